The summed E-state index contributed by atoms with van der Waals surface area (Å²) in [6, 6.07) is 18.8. The second-order valence-electron chi connectivity index (χ2n) is 7.44. The topological polar surface area (TPSA) is 30.5 Å². The summed E-state index contributed by atoms with van der Waals surface area (Å²) in [7, 11) is 1.57. The van der Waals surface area contributed by atoms with Gasteiger partial charge in [0.1, 0.15) is 12.4 Å². The summed E-state index contributed by atoms with van der Waals surface area (Å²) in [6.07, 6.45) is 2.06. The van der Waals surface area contributed by atoms with Crippen molar-refractivity contribution in [3.63, 3.8) is 0 Å². The van der Waals surface area contributed by atoms with Crippen LogP contribution in [-0.4, -0.2) is 13.2 Å². The Hall–Kier alpha value is -2.27. The minimum Gasteiger partial charge on any atom is -0.493 e. The first-order valence-electron chi connectivity index (χ1n) is 10.2. The number of benzene rings is 3. The zero-order chi connectivity index (χ0) is 22.2. The van der Waals surface area contributed by atoms with Gasteiger partial charge in [-0.15, -0.1) is 0 Å². The summed E-state index contributed by atoms with van der Waals surface area (Å²) in [5.74, 6) is 0.587. The van der Waals surface area contributed by atoms with Gasteiger partial charge >= 0.3 is 0 Å². The van der Waals surface area contributed by atoms with E-state index in [0.29, 0.717) is 39.7 Å². The van der Waals surface area contributed by atoms with Gasteiger partial charge in [0, 0.05) is 18.2 Å². The first kappa shape index (κ1) is 23.4. The van der Waals surface area contributed by atoms with Crippen molar-refractivity contribution in [2.24, 2.45) is 0 Å². The fourth-order valence-corrected chi connectivity index (χ4v) is 3.74. The van der Waals surface area contributed by atoms with Crippen LogP contribution in [0.3, 0.4) is 0 Å². The molecule has 0 aromatic heterocycles. The predicted octanol–water partition coefficient (Wildman–Crippen LogP) is 6.83. The monoisotopic (exact) mass is 461 g/mol. The van der Waals surface area contributed by atoms with Gasteiger partial charge in [-0.2, -0.15) is 0 Å². The molecule has 0 heterocycles. The standard InChI is InChI=1S/C25H26Cl2FNO2/c1-17(8-9-18-6-4-3-5-7-18)29-15-19-12-23(27)25(24(13-19)30-2)31-16-20-10-11-21(28)14-22(20)26/h3-7,10-14,17,29H,8-9,15-16H2,1-2H3. The minimum absolute atomic E-state index is 0.156. The number of hydrogen-bond donors (Lipinski definition) is 1. The van der Waals surface area contributed by atoms with Crippen molar-refractivity contribution >= 4 is 23.2 Å². The molecule has 1 unspecified atom stereocenters. The fourth-order valence-electron chi connectivity index (χ4n) is 3.23. The van der Waals surface area contributed by atoms with E-state index >= 15 is 0 Å². The highest BCUT2D eigenvalue weighted by Gasteiger charge is 2.14. The second-order valence-corrected chi connectivity index (χ2v) is 8.25. The van der Waals surface area contributed by atoms with E-state index in [0.717, 1.165) is 18.4 Å². The molecule has 0 saturated carbocycles. The van der Waals surface area contributed by atoms with Crippen molar-refractivity contribution in [3.05, 3.63) is 93.2 Å². The van der Waals surface area contributed by atoms with Crippen LogP contribution in [0.5, 0.6) is 11.5 Å². The third-order valence-electron chi connectivity index (χ3n) is 5.04. The molecule has 3 aromatic rings. The lowest BCUT2D eigenvalue weighted by Gasteiger charge is -2.17. The van der Waals surface area contributed by atoms with E-state index in [9.17, 15) is 4.39 Å². The number of nitrogens with one attached hydrogen (secondary N) is 1. The average molecular weight is 462 g/mol. The molecule has 0 radical (unpaired) electrons. The van der Waals surface area contributed by atoms with Gasteiger partial charge < -0.3 is 14.8 Å². The molecule has 3 nitrogen and oxygen atoms in total. The van der Waals surface area contributed by atoms with E-state index in [4.69, 9.17) is 32.7 Å². The molecule has 0 bridgehead atoms. The summed E-state index contributed by atoms with van der Waals surface area (Å²) < 4.78 is 24.6. The Kier molecular flexibility index (Phi) is 8.59. The molecule has 3 rings (SSSR count). The first-order chi connectivity index (χ1) is 15.0. The van der Waals surface area contributed by atoms with Gasteiger partial charge in [-0.25, -0.2) is 4.39 Å². The normalized spacial score (nSPS) is 11.9. The van der Waals surface area contributed by atoms with Crippen molar-refractivity contribution in [2.75, 3.05) is 7.11 Å². The number of halogens is 3. The highest BCUT2D eigenvalue weighted by atomic mass is 35.5. The number of aryl methyl sites for hydroxylation is 1. The molecular formula is C25H26Cl2FNO2. The van der Waals surface area contributed by atoms with Crippen LogP contribution >= 0.6 is 23.2 Å². The summed E-state index contributed by atoms with van der Waals surface area (Å²) in [4.78, 5) is 0. The highest BCUT2D eigenvalue weighted by Crippen LogP contribution is 2.37. The van der Waals surface area contributed by atoms with Gasteiger partial charge in [0.05, 0.1) is 17.2 Å². The number of methoxy groups -OCH3 is 1. The highest BCUT2D eigenvalue weighted by molar-refractivity contribution is 6.32. The summed E-state index contributed by atoms with van der Waals surface area (Å²) in [5.41, 5.74) is 3.00. The van der Waals surface area contributed by atoms with E-state index in [-0.39, 0.29) is 12.4 Å². The van der Waals surface area contributed by atoms with Gasteiger partial charge in [0.15, 0.2) is 11.5 Å². The fraction of sp³-hybridized carbons (Fsp3) is 0.280. The van der Waals surface area contributed by atoms with Crippen molar-refractivity contribution < 1.29 is 13.9 Å². The molecule has 0 amide bonds. The molecule has 0 aliphatic carbocycles. The molecule has 1 atom stereocenters. The Morgan fingerprint density at radius 1 is 0.968 bits per heavy atom. The Morgan fingerprint density at radius 2 is 1.74 bits per heavy atom. The van der Waals surface area contributed by atoms with Crippen LogP contribution in [0.1, 0.15) is 30.0 Å². The van der Waals surface area contributed by atoms with Crippen molar-refractivity contribution in [3.8, 4) is 11.5 Å². The Labute approximate surface area is 193 Å². The Balaban J connectivity index is 1.59. The molecule has 1 N–H and O–H groups in total. The summed E-state index contributed by atoms with van der Waals surface area (Å²) in [5, 5.41) is 4.29. The Bertz CT molecular complexity index is 998. The van der Waals surface area contributed by atoms with E-state index in [1.54, 1.807) is 13.2 Å². The quantitative estimate of drug-likeness (QED) is 0.358. The van der Waals surface area contributed by atoms with Crippen LogP contribution in [0.15, 0.2) is 60.7 Å². The third-order valence-corrected chi connectivity index (χ3v) is 5.67. The van der Waals surface area contributed by atoms with Gasteiger partial charge in [-0.3, -0.25) is 0 Å². The maximum atomic E-state index is 13.2. The van der Waals surface area contributed by atoms with Crippen LogP contribution in [-0.2, 0) is 19.6 Å². The summed E-state index contributed by atoms with van der Waals surface area (Å²) >= 11 is 12.6. The van der Waals surface area contributed by atoms with Crippen LogP contribution in [0, 0.1) is 5.82 Å². The number of hydrogen-bond acceptors (Lipinski definition) is 3. The molecule has 0 saturated heterocycles. The third kappa shape index (κ3) is 6.86. The molecular weight excluding hydrogens is 436 g/mol. The largest absolute Gasteiger partial charge is 0.493 e. The molecule has 0 spiro atoms. The van der Waals surface area contributed by atoms with Crippen LogP contribution < -0.4 is 14.8 Å². The lowest BCUT2D eigenvalue weighted by Crippen LogP contribution is -2.26. The Morgan fingerprint density at radius 3 is 2.45 bits per heavy atom. The SMILES string of the molecule is COc1cc(CNC(C)CCc2ccccc2)cc(Cl)c1OCc1ccc(F)cc1Cl. The van der Waals surface area contributed by atoms with Crippen molar-refractivity contribution in [2.45, 2.75) is 39.0 Å². The molecule has 164 valence electrons. The first-order valence-corrected chi connectivity index (χ1v) is 10.9. The molecule has 31 heavy (non-hydrogen) atoms. The van der Waals surface area contributed by atoms with Crippen molar-refractivity contribution in [1.82, 2.24) is 5.32 Å². The van der Waals surface area contributed by atoms with Crippen LogP contribution in [0.25, 0.3) is 0 Å². The lowest BCUT2D eigenvalue weighted by atomic mass is 10.1. The second kappa shape index (κ2) is 11.4. The number of ether oxygens (including phenoxy) is 2. The molecule has 0 aliphatic rings. The predicted molar refractivity (Wildman–Crippen MR) is 125 cm³/mol. The van der Waals surface area contributed by atoms with Gasteiger partial charge in [0.2, 0.25) is 0 Å². The van der Waals surface area contributed by atoms with E-state index in [1.807, 2.05) is 18.2 Å². The zero-order valence-electron chi connectivity index (χ0n) is 17.6. The molecule has 3 aromatic carbocycles. The van der Waals surface area contributed by atoms with Gasteiger partial charge in [-0.05, 0) is 55.2 Å². The van der Waals surface area contributed by atoms with Crippen LogP contribution in [0.4, 0.5) is 4.39 Å². The van der Waals surface area contributed by atoms with E-state index in [2.05, 4.69) is 36.5 Å². The van der Waals surface area contributed by atoms with Crippen molar-refractivity contribution in [1.29, 1.82) is 0 Å². The minimum atomic E-state index is -0.390. The van der Waals surface area contributed by atoms with Gasteiger partial charge in [-0.1, -0.05) is 59.6 Å². The van der Waals surface area contributed by atoms with E-state index < -0.39 is 0 Å². The van der Waals surface area contributed by atoms with E-state index in [1.165, 1.54) is 17.7 Å². The average Bonchev–Trinajstić information content (AvgIpc) is 2.77. The maximum Gasteiger partial charge on any atom is 0.180 e. The molecule has 6 heteroatoms. The molecule has 0 fully saturated rings. The smallest absolute Gasteiger partial charge is 0.180 e. The van der Waals surface area contributed by atoms with Crippen LogP contribution in [0.2, 0.25) is 10.0 Å². The molecule has 0 aliphatic heterocycles. The van der Waals surface area contributed by atoms with Gasteiger partial charge in [0.25, 0.3) is 0 Å². The maximum absolute atomic E-state index is 13.2. The number of rotatable bonds is 10. The lowest BCUT2D eigenvalue weighted by molar-refractivity contribution is 0.284. The zero-order valence-corrected chi connectivity index (χ0v) is 19.1. The summed E-state index contributed by atoms with van der Waals surface area (Å²) in [6.45, 7) is 2.99.